The van der Waals surface area contributed by atoms with E-state index in [1.165, 1.54) is 18.9 Å². The lowest BCUT2D eigenvalue weighted by molar-refractivity contribution is -0.149. The van der Waals surface area contributed by atoms with E-state index in [1.54, 1.807) is 12.1 Å². The summed E-state index contributed by atoms with van der Waals surface area (Å²) in [7, 11) is 1.24. The van der Waals surface area contributed by atoms with Crippen molar-refractivity contribution in [3.8, 4) is 0 Å². The van der Waals surface area contributed by atoms with Crippen molar-refractivity contribution in [1.82, 2.24) is 4.90 Å². The van der Waals surface area contributed by atoms with Crippen LogP contribution in [-0.2, 0) is 16.1 Å². The molecule has 2 atom stereocenters. The normalized spacial score (nSPS) is 17.3. The van der Waals surface area contributed by atoms with Gasteiger partial charge in [-0.3, -0.25) is 4.79 Å². The molecule has 5 heteroatoms. The fraction of sp³-hybridized carbons (Fsp3) is 0.385. The highest BCUT2D eigenvalue weighted by Crippen LogP contribution is 2.25. The molecule has 1 aromatic rings. The highest BCUT2D eigenvalue weighted by Gasteiger charge is 2.39. The van der Waals surface area contributed by atoms with Crippen LogP contribution in [0.2, 0.25) is 0 Å². The Morgan fingerprint density at radius 1 is 1.44 bits per heavy atom. The topological polar surface area (TPSA) is 66.8 Å². The summed E-state index contributed by atoms with van der Waals surface area (Å²) in [5.74, 6) is -0.854. The molecule has 0 saturated heterocycles. The molecule has 0 aromatic heterocycles. The summed E-state index contributed by atoms with van der Waals surface area (Å²) in [6.07, 6.45) is -0.976. The Kier molecular flexibility index (Phi) is 3.34. The number of rotatable bonds is 3. The van der Waals surface area contributed by atoms with Gasteiger partial charge in [-0.1, -0.05) is 18.2 Å². The summed E-state index contributed by atoms with van der Waals surface area (Å²) in [5, 5.41) is 9.68. The molecule has 18 heavy (non-hydrogen) atoms. The van der Waals surface area contributed by atoms with Crippen LogP contribution in [0.25, 0.3) is 0 Å². The predicted molar refractivity (Wildman–Crippen MR) is 63.8 cm³/mol. The van der Waals surface area contributed by atoms with Gasteiger partial charge in [0, 0.05) is 12.1 Å². The molecule has 0 unspecified atom stereocenters. The van der Waals surface area contributed by atoms with Crippen LogP contribution in [0.1, 0.15) is 22.8 Å². The molecular weight excluding hydrogens is 234 g/mol. The van der Waals surface area contributed by atoms with Crippen molar-refractivity contribution in [3.63, 3.8) is 0 Å². The molecule has 0 fully saturated rings. The fourth-order valence-electron chi connectivity index (χ4n) is 2.21. The van der Waals surface area contributed by atoms with Gasteiger partial charge in [-0.25, -0.2) is 4.79 Å². The van der Waals surface area contributed by atoms with E-state index in [4.69, 9.17) is 0 Å². The summed E-state index contributed by atoms with van der Waals surface area (Å²) < 4.78 is 4.64. The molecule has 96 valence electrons. The number of carbonyl (C=O) groups is 2. The molecule has 1 N–H and O–H groups in total. The third kappa shape index (κ3) is 1.97. The molecule has 1 aliphatic heterocycles. The first-order chi connectivity index (χ1) is 8.56. The maximum atomic E-state index is 12.2. The summed E-state index contributed by atoms with van der Waals surface area (Å²) in [6.45, 7) is 1.79. The lowest BCUT2D eigenvalue weighted by Gasteiger charge is -2.27. The Bertz CT molecular complexity index is 484. The van der Waals surface area contributed by atoms with Crippen molar-refractivity contribution in [3.05, 3.63) is 35.4 Å². The van der Waals surface area contributed by atoms with E-state index in [0.29, 0.717) is 12.1 Å². The molecule has 0 bridgehead atoms. The molecule has 1 amide bonds. The Hall–Kier alpha value is -1.88. The average molecular weight is 249 g/mol. The van der Waals surface area contributed by atoms with Crippen LogP contribution in [0.5, 0.6) is 0 Å². The van der Waals surface area contributed by atoms with Gasteiger partial charge in [0.2, 0.25) is 0 Å². The van der Waals surface area contributed by atoms with Crippen molar-refractivity contribution < 1.29 is 19.4 Å². The minimum atomic E-state index is -0.976. The number of hydrogen-bond acceptors (Lipinski definition) is 4. The first-order valence-corrected chi connectivity index (χ1v) is 5.71. The number of benzene rings is 1. The summed E-state index contributed by atoms with van der Waals surface area (Å²) in [6, 6.07) is 6.20. The van der Waals surface area contributed by atoms with Gasteiger partial charge in [0.25, 0.3) is 5.91 Å². The standard InChI is InChI=1S/C13H15NO4/c1-8(15)11(13(17)18-2)14-7-9-5-3-4-6-10(9)12(14)16/h3-6,8,11,15H,7H2,1-2H3/t8-,11+/m1/s1. The van der Waals surface area contributed by atoms with Gasteiger partial charge in [0.05, 0.1) is 13.2 Å². The molecule has 0 radical (unpaired) electrons. The minimum Gasteiger partial charge on any atom is -0.467 e. The zero-order chi connectivity index (χ0) is 13.3. The largest absolute Gasteiger partial charge is 0.467 e. The Labute approximate surface area is 105 Å². The smallest absolute Gasteiger partial charge is 0.331 e. The van der Waals surface area contributed by atoms with Crippen LogP contribution >= 0.6 is 0 Å². The monoisotopic (exact) mass is 249 g/mol. The first-order valence-electron chi connectivity index (χ1n) is 5.71. The number of fused-ring (bicyclic) bond motifs is 1. The number of nitrogens with zero attached hydrogens (tertiary/aromatic N) is 1. The minimum absolute atomic E-state index is 0.248. The molecule has 2 rings (SSSR count). The van der Waals surface area contributed by atoms with Gasteiger partial charge in [-0.2, -0.15) is 0 Å². The number of hydrogen-bond donors (Lipinski definition) is 1. The number of aliphatic hydroxyl groups excluding tert-OH is 1. The van der Waals surface area contributed by atoms with Crippen LogP contribution in [-0.4, -0.2) is 41.1 Å². The van der Waals surface area contributed by atoms with Crippen LogP contribution in [0.15, 0.2) is 24.3 Å². The van der Waals surface area contributed by atoms with Crippen molar-refractivity contribution in [2.75, 3.05) is 7.11 Å². The van der Waals surface area contributed by atoms with Gasteiger partial charge in [-0.15, -0.1) is 0 Å². The first kappa shape index (κ1) is 12.6. The predicted octanol–water partition coefficient (Wildman–Crippen LogP) is 0.565. The van der Waals surface area contributed by atoms with Gasteiger partial charge >= 0.3 is 5.97 Å². The number of carbonyl (C=O) groups excluding carboxylic acids is 2. The fourth-order valence-corrected chi connectivity index (χ4v) is 2.21. The van der Waals surface area contributed by atoms with Crippen molar-refractivity contribution >= 4 is 11.9 Å². The van der Waals surface area contributed by atoms with Gasteiger partial charge < -0.3 is 14.7 Å². The molecule has 1 aromatic carbocycles. The van der Waals surface area contributed by atoms with Gasteiger partial charge in [0.1, 0.15) is 0 Å². The number of methoxy groups -OCH3 is 1. The van der Waals surface area contributed by atoms with E-state index < -0.39 is 18.1 Å². The average Bonchev–Trinajstić information content (AvgIpc) is 2.67. The number of esters is 1. The second-order valence-corrected chi connectivity index (χ2v) is 4.30. The highest BCUT2D eigenvalue weighted by atomic mass is 16.5. The maximum Gasteiger partial charge on any atom is 0.331 e. The molecular formula is C13H15NO4. The molecule has 0 aliphatic carbocycles. The highest BCUT2D eigenvalue weighted by molar-refractivity contribution is 6.00. The number of amides is 1. The summed E-state index contributed by atoms with van der Waals surface area (Å²) in [5.41, 5.74) is 1.43. The van der Waals surface area contributed by atoms with Crippen LogP contribution in [0, 0.1) is 0 Å². The molecule has 5 nitrogen and oxygen atoms in total. The SMILES string of the molecule is COC(=O)[C@H]([C@@H](C)O)N1Cc2ccccc2C1=O. The van der Waals surface area contributed by atoms with Gasteiger partial charge in [-0.05, 0) is 18.6 Å². The lowest BCUT2D eigenvalue weighted by Crippen LogP contribution is -2.48. The number of aliphatic hydroxyl groups is 1. The second-order valence-electron chi connectivity index (χ2n) is 4.30. The Morgan fingerprint density at radius 3 is 2.67 bits per heavy atom. The summed E-state index contributed by atoms with van der Waals surface area (Å²) in [4.78, 5) is 25.2. The molecule has 1 heterocycles. The van der Waals surface area contributed by atoms with E-state index in [0.717, 1.165) is 5.56 Å². The maximum absolute atomic E-state index is 12.2. The third-order valence-electron chi connectivity index (χ3n) is 3.08. The van der Waals surface area contributed by atoms with Crippen LogP contribution in [0.3, 0.4) is 0 Å². The number of ether oxygens (including phenoxy) is 1. The van der Waals surface area contributed by atoms with E-state index in [2.05, 4.69) is 4.74 Å². The van der Waals surface area contributed by atoms with Crippen LogP contribution in [0.4, 0.5) is 0 Å². The van der Waals surface area contributed by atoms with Crippen molar-refractivity contribution in [1.29, 1.82) is 0 Å². The molecule has 0 saturated carbocycles. The van der Waals surface area contributed by atoms with E-state index in [-0.39, 0.29) is 5.91 Å². The van der Waals surface area contributed by atoms with E-state index in [9.17, 15) is 14.7 Å². The zero-order valence-corrected chi connectivity index (χ0v) is 10.3. The van der Waals surface area contributed by atoms with Crippen molar-refractivity contribution in [2.24, 2.45) is 0 Å². The Balaban J connectivity index is 2.31. The zero-order valence-electron chi connectivity index (χ0n) is 10.3. The van der Waals surface area contributed by atoms with Crippen molar-refractivity contribution in [2.45, 2.75) is 25.6 Å². The quantitative estimate of drug-likeness (QED) is 0.795. The lowest BCUT2D eigenvalue weighted by atomic mass is 10.1. The molecule has 1 aliphatic rings. The van der Waals surface area contributed by atoms with Gasteiger partial charge in [0.15, 0.2) is 6.04 Å². The van der Waals surface area contributed by atoms with E-state index >= 15 is 0 Å². The van der Waals surface area contributed by atoms with Crippen LogP contribution < -0.4 is 0 Å². The third-order valence-corrected chi connectivity index (χ3v) is 3.08. The second kappa shape index (κ2) is 4.78. The van der Waals surface area contributed by atoms with E-state index in [1.807, 2.05) is 12.1 Å². The Morgan fingerprint density at radius 2 is 2.11 bits per heavy atom. The molecule has 0 spiro atoms. The summed E-state index contributed by atoms with van der Waals surface area (Å²) >= 11 is 0.